The maximum atomic E-state index is 12.5. The van der Waals surface area contributed by atoms with E-state index in [1.165, 1.54) is 0 Å². The Hall–Kier alpha value is -1.33. The fourth-order valence-electron chi connectivity index (χ4n) is 2.37. The predicted octanol–water partition coefficient (Wildman–Crippen LogP) is 3.13. The van der Waals surface area contributed by atoms with Crippen molar-refractivity contribution >= 4 is 12.1 Å². The van der Waals surface area contributed by atoms with Crippen molar-refractivity contribution in [2.45, 2.75) is 58.5 Å². The number of carbonyl (C=O) groups excluding carboxylic acids is 1. The number of aliphatic carboxylic acids is 1. The van der Waals surface area contributed by atoms with Crippen LogP contribution in [0.15, 0.2) is 0 Å². The summed E-state index contributed by atoms with van der Waals surface area (Å²) in [4.78, 5) is 23.4. The number of carboxylic acid groups (broad SMARTS) is 1. The lowest BCUT2D eigenvalue weighted by Gasteiger charge is -2.30. The number of nitrogens with one attached hydrogen (secondary N) is 1. The molecule has 5 nitrogen and oxygen atoms in total. The van der Waals surface area contributed by atoms with E-state index in [2.05, 4.69) is 5.32 Å². The van der Waals surface area contributed by atoms with Crippen LogP contribution < -0.4 is 5.32 Å². The molecule has 0 aromatic carbocycles. The van der Waals surface area contributed by atoms with E-state index in [1.54, 1.807) is 20.8 Å². The van der Waals surface area contributed by atoms with E-state index >= 15 is 0 Å². The molecule has 1 amide bonds. The minimum atomic E-state index is -1.09. The molecular formula is C15H26FNO4. The third kappa shape index (κ3) is 6.31. The molecule has 1 unspecified atom stereocenters. The Morgan fingerprint density at radius 1 is 1.33 bits per heavy atom. The first-order valence-corrected chi connectivity index (χ1v) is 7.45. The van der Waals surface area contributed by atoms with Crippen molar-refractivity contribution in [2.75, 3.05) is 13.2 Å². The molecule has 0 saturated heterocycles. The van der Waals surface area contributed by atoms with Gasteiger partial charge in [0.05, 0.1) is 12.1 Å². The second kappa shape index (κ2) is 7.09. The number of carboxylic acids is 1. The van der Waals surface area contributed by atoms with Gasteiger partial charge in [0.1, 0.15) is 5.60 Å². The smallest absolute Gasteiger partial charge is 0.407 e. The van der Waals surface area contributed by atoms with Gasteiger partial charge in [-0.3, -0.25) is 9.18 Å². The third-order valence-electron chi connectivity index (χ3n) is 3.59. The fourth-order valence-corrected chi connectivity index (χ4v) is 2.37. The molecule has 1 fully saturated rings. The van der Waals surface area contributed by atoms with Gasteiger partial charge in [-0.15, -0.1) is 0 Å². The van der Waals surface area contributed by atoms with E-state index in [0.717, 1.165) is 12.8 Å². The second-order valence-electron chi connectivity index (χ2n) is 6.88. The van der Waals surface area contributed by atoms with Gasteiger partial charge in [0.15, 0.2) is 0 Å². The monoisotopic (exact) mass is 303 g/mol. The normalized spacial score (nSPS) is 17.9. The molecule has 0 heterocycles. The van der Waals surface area contributed by atoms with Gasteiger partial charge in [-0.05, 0) is 46.0 Å². The lowest BCUT2D eigenvalue weighted by atomic mass is 9.78. The van der Waals surface area contributed by atoms with E-state index in [0.29, 0.717) is 12.3 Å². The van der Waals surface area contributed by atoms with Crippen molar-refractivity contribution in [1.29, 1.82) is 0 Å². The maximum absolute atomic E-state index is 12.5. The van der Waals surface area contributed by atoms with Gasteiger partial charge in [-0.2, -0.15) is 0 Å². The molecule has 122 valence electrons. The van der Waals surface area contributed by atoms with Crippen LogP contribution in [0.4, 0.5) is 9.18 Å². The molecule has 1 saturated carbocycles. The average Bonchev–Trinajstić information content (AvgIpc) is 3.14. The minimum absolute atomic E-state index is 0.0201. The Bertz CT molecular complexity index is 376. The van der Waals surface area contributed by atoms with E-state index in [9.17, 15) is 19.1 Å². The Morgan fingerprint density at radius 2 is 1.95 bits per heavy atom. The van der Waals surface area contributed by atoms with Crippen molar-refractivity contribution in [3.63, 3.8) is 0 Å². The van der Waals surface area contributed by atoms with Crippen LogP contribution in [0.3, 0.4) is 0 Å². The summed E-state index contributed by atoms with van der Waals surface area (Å²) in [7, 11) is 0. The van der Waals surface area contributed by atoms with Crippen molar-refractivity contribution in [3.8, 4) is 0 Å². The number of alkyl carbamates (subject to hydrolysis) is 1. The minimum Gasteiger partial charge on any atom is -0.481 e. The first kappa shape index (κ1) is 17.7. The van der Waals surface area contributed by atoms with E-state index in [1.807, 2.05) is 0 Å². The summed E-state index contributed by atoms with van der Waals surface area (Å²) in [6, 6.07) is 0. The summed E-state index contributed by atoms with van der Waals surface area (Å²) in [6.45, 7) is 4.65. The third-order valence-corrected chi connectivity index (χ3v) is 3.59. The molecule has 0 aromatic rings. The summed E-state index contributed by atoms with van der Waals surface area (Å²) < 4.78 is 17.6. The second-order valence-corrected chi connectivity index (χ2v) is 6.88. The molecule has 0 bridgehead atoms. The van der Waals surface area contributed by atoms with Gasteiger partial charge < -0.3 is 15.2 Å². The number of hydrogen-bond acceptors (Lipinski definition) is 3. The SMILES string of the molecule is CC(C)(C)OC(=O)NCC(CCCF)(CC1CC1)C(=O)O. The number of halogens is 1. The summed E-state index contributed by atoms with van der Waals surface area (Å²) in [5.41, 5.74) is -1.73. The molecule has 21 heavy (non-hydrogen) atoms. The van der Waals surface area contributed by atoms with Gasteiger partial charge in [-0.25, -0.2) is 4.79 Å². The van der Waals surface area contributed by atoms with E-state index < -0.39 is 29.8 Å². The topological polar surface area (TPSA) is 75.6 Å². The van der Waals surface area contributed by atoms with Crippen molar-refractivity contribution in [2.24, 2.45) is 11.3 Å². The first-order valence-electron chi connectivity index (χ1n) is 7.45. The number of hydrogen-bond donors (Lipinski definition) is 2. The van der Waals surface area contributed by atoms with Crippen LogP contribution in [0.2, 0.25) is 0 Å². The average molecular weight is 303 g/mol. The number of ether oxygens (including phenoxy) is 1. The maximum Gasteiger partial charge on any atom is 0.407 e. The lowest BCUT2D eigenvalue weighted by molar-refractivity contribution is -0.150. The predicted molar refractivity (Wildman–Crippen MR) is 76.9 cm³/mol. The van der Waals surface area contributed by atoms with Gasteiger partial charge >= 0.3 is 12.1 Å². The van der Waals surface area contributed by atoms with Crippen LogP contribution in [0.1, 0.15) is 52.9 Å². The summed E-state index contributed by atoms with van der Waals surface area (Å²) in [5, 5.41) is 12.1. The molecule has 0 aliphatic heterocycles. The molecule has 1 aliphatic rings. The highest BCUT2D eigenvalue weighted by Gasteiger charge is 2.43. The highest BCUT2D eigenvalue weighted by molar-refractivity contribution is 5.76. The zero-order valence-corrected chi connectivity index (χ0v) is 13.1. The van der Waals surface area contributed by atoms with Crippen molar-refractivity contribution < 1.29 is 23.8 Å². The Balaban J connectivity index is 2.66. The quantitative estimate of drug-likeness (QED) is 0.722. The molecule has 0 aromatic heterocycles. The molecule has 0 spiro atoms. The highest BCUT2D eigenvalue weighted by Crippen LogP contribution is 2.42. The molecule has 2 N–H and O–H groups in total. The summed E-state index contributed by atoms with van der Waals surface area (Å²) >= 11 is 0. The molecule has 1 aliphatic carbocycles. The molecule has 1 atom stereocenters. The van der Waals surface area contributed by atoms with Crippen LogP contribution in [0.25, 0.3) is 0 Å². The van der Waals surface area contributed by atoms with E-state index in [-0.39, 0.29) is 19.4 Å². The van der Waals surface area contributed by atoms with Gasteiger partial charge in [0.2, 0.25) is 0 Å². The fraction of sp³-hybridized carbons (Fsp3) is 0.867. The lowest BCUT2D eigenvalue weighted by Crippen LogP contribution is -2.45. The Morgan fingerprint density at radius 3 is 2.38 bits per heavy atom. The molecular weight excluding hydrogens is 277 g/mol. The molecule has 6 heteroatoms. The Kier molecular flexibility index (Phi) is 5.98. The van der Waals surface area contributed by atoms with Crippen LogP contribution in [-0.4, -0.2) is 36.0 Å². The van der Waals surface area contributed by atoms with E-state index in [4.69, 9.17) is 4.74 Å². The Labute approximate surface area is 125 Å². The number of rotatable bonds is 8. The largest absolute Gasteiger partial charge is 0.481 e. The highest BCUT2D eigenvalue weighted by atomic mass is 19.1. The number of alkyl halides is 1. The number of carbonyl (C=O) groups is 2. The zero-order valence-electron chi connectivity index (χ0n) is 13.1. The van der Waals surface area contributed by atoms with Gasteiger partial charge in [0.25, 0.3) is 0 Å². The van der Waals surface area contributed by atoms with Crippen LogP contribution in [0.5, 0.6) is 0 Å². The molecule has 1 rings (SSSR count). The first-order chi connectivity index (χ1) is 9.68. The molecule has 0 radical (unpaired) electrons. The van der Waals surface area contributed by atoms with Crippen molar-refractivity contribution in [1.82, 2.24) is 5.32 Å². The zero-order chi connectivity index (χ0) is 16.1. The van der Waals surface area contributed by atoms with Crippen molar-refractivity contribution in [3.05, 3.63) is 0 Å². The van der Waals surface area contributed by atoms with Crippen LogP contribution in [0, 0.1) is 11.3 Å². The van der Waals surface area contributed by atoms with Gasteiger partial charge in [-0.1, -0.05) is 12.8 Å². The van der Waals surface area contributed by atoms with Crippen LogP contribution in [-0.2, 0) is 9.53 Å². The standard InChI is InChI=1S/C15H26FNO4/c1-14(2,3)21-13(20)17-10-15(12(18)19,7-4-8-16)9-11-5-6-11/h11H,4-10H2,1-3H3,(H,17,20)(H,18,19). The van der Waals surface area contributed by atoms with Crippen LogP contribution >= 0.6 is 0 Å². The summed E-state index contributed by atoms with van der Waals surface area (Å²) in [6.07, 6.45) is 2.29. The summed E-state index contributed by atoms with van der Waals surface area (Å²) in [5.74, 6) is -0.597. The van der Waals surface area contributed by atoms with Gasteiger partial charge in [0, 0.05) is 6.54 Å². The number of amides is 1.